The van der Waals surface area contributed by atoms with Gasteiger partial charge < -0.3 is 19.4 Å². The van der Waals surface area contributed by atoms with Gasteiger partial charge in [0.05, 0.1) is 11.0 Å². The molecule has 60 heavy (non-hydrogen) atoms. The number of para-hydroxylation sites is 3. The van der Waals surface area contributed by atoms with Gasteiger partial charge in [-0.15, -0.1) is 0 Å². The quantitative estimate of drug-likeness (QED) is 0.189. The predicted octanol–water partition coefficient (Wildman–Crippen LogP) is 12.6. The Labute approximate surface area is 350 Å². The van der Waals surface area contributed by atoms with Crippen LogP contribution in [0.5, 0.6) is 11.5 Å². The molecule has 7 aromatic rings. The van der Waals surface area contributed by atoms with Crippen LogP contribution in [0.25, 0.3) is 38.6 Å². The van der Waals surface area contributed by atoms with Crippen LogP contribution < -0.4 is 14.8 Å². The fraction of sp³-hybridized carbons (Fsp3) is 0.145. The van der Waals surface area contributed by atoms with E-state index in [1.807, 2.05) is 0 Å². The van der Waals surface area contributed by atoms with Crippen molar-refractivity contribution >= 4 is 38.7 Å². The summed E-state index contributed by atoms with van der Waals surface area (Å²) in [6.07, 6.45) is 13.8. The van der Waals surface area contributed by atoms with E-state index in [1.165, 1.54) is 60.8 Å². The lowest BCUT2D eigenvalue weighted by Gasteiger charge is -2.29. The van der Waals surface area contributed by atoms with E-state index in [4.69, 9.17) is 14.5 Å². The third-order valence-electron chi connectivity index (χ3n) is 13.0. The first-order valence-corrected chi connectivity index (χ1v) is 21.2. The molecular formula is C55H43N3O2. The maximum Gasteiger partial charge on any atom is 0.145 e. The highest BCUT2D eigenvalue weighted by atomic mass is 16.5. The van der Waals surface area contributed by atoms with E-state index in [0.29, 0.717) is 0 Å². The zero-order valence-electron chi connectivity index (χ0n) is 33.4. The number of aliphatic imine (C=N–C) groups is 1. The first-order valence-electron chi connectivity index (χ1n) is 21.2. The van der Waals surface area contributed by atoms with Crippen LogP contribution in [-0.2, 0) is 0 Å². The largest absolute Gasteiger partial charge is 0.485 e. The van der Waals surface area contributed by atoms with E-state index >= 15 is 0 Å². The molecule has 5 aliphatic rings. The van der Waals surface area contributed by atoms with E-state index in [0.717, 1.165) is 59.0 Å². The van der Waals surface area contributed by atoms with Crippen molar-refractivity contribution in [3.63, 3.8) is 0 Å². The van der Waals surface area contributed by atoms with Gasteiger partial charge in [0, 0.05) is 62.5 Å². The van der Waals surface area contributed by atoms with Gasteiger partial charge in [0.2, 0.25) is 0 Å². The lowest BCUT2D eigenvalue weighted by atomic mass is 9.83. The molecule has 0 saturated heterocycles. The van der Waals surface area contributed by atoms with Crippen molar-refractivity contribution in [2.75, 3.05) is 0 Å². The number of hydrogen-bond acceptors (Lipinski definition) is 4. The average Bonchev–Trinajstić information content (AvgIpc) is 3.97. The molecule has 3 aliphatic heterocycles. The Bertz CT molecular complexity index is 3070. The normalized spacial score (nSPS) is 23.6. The molecule has 4 heterocycles. The van der Waals surface area contributed by atoms with Crippen LogP contribution in [-0.4, -0.2) is 22.5 Å². The summed E-state index contributed by atoms with van der Waals surface area (Å²) in [6, 6.07) is 51.9. The summed E-state index contributed by atoms with van der Waals surface area (Å²) in [5.41, 5.74) is 16.7. The fourth-order valence-corrected chi connectivity index (χ4v) is 10.1. The van der Waals surface area contributed by atoms with Crippen molar-refractivity contribution in [1.82, 2.24) is 9.88 Å². The molecule has 4 atom stereocenters. The van der Waals surface area contributed by atoms with Crippen LogP contribution in [0.4, 0.5) is 0 Å². The van der Waals surface area contributed by atoms with Crippen LogP contribution in [0, 0.1) is 0 Å². The summed E-state index contributed by atoms with van der Waals surface area (Å²) in [4.78, 5) is 5.64. The van der Waals surface area contributed by atoms with Gasteiger partial charge in [0.15, 0.2) is 0 Å². The van der Waals surface area contributed by atoms with Crippen LogP contribution in [0.3, 0.4) is 0 Å². The molecule has 0 radical (unpaired) electrons. The lowest BCUT2D eigenvalue weighted by molar-refractivity contribution is 0.269. The highest BCUT2D eigenvalue weighted by Gasteiger charge is 2.38. The van der Waals surface area contributed by atoms with Crippen molar-refractivity contribution in [3.05, 3.63) is 221 Å². The highest BCUT2D eigenvalue weighted by molar-refractivity contribution is 6.10. The maximum absolute atomic E-state index is 6.76. The van der Waals surface area contributed by atoms with E-state index in [2.05, 4.69) is 193 Å². The summed E-state index contributed by atoms with van der Waals surface area (Å²) in [7, 11) is 0. The van der Waals surface area contributed by atoms with Gasteiger partial charge in [-0.25, -0.2) is 0 Å². The highest BCUT2D eigenvalue weighted by Crippen LogP contribution is 2.48. The van der Waals surface area contributed by atoms with Crippen molar-refractivity contribution < 1.29 is 9.47 Å². The molecule has 4 unspecified atom stereocenters. The molecule has 5 nitrogen and oxygen atoms in total. The van der Waals surface area contributed by atoms with E-state index in [1.54, 1.807) is 0 Å². The molecule has 6 aromatic carbocycles. The topological polar surface area (TPSA) is 47.8 Å². The van der Waals surface area contributed by atoms with Crippen LogP contribution in [0.1, 0.15) is 66.1 Å². The van der Waals surface area contributed by atoms with Gasteiger partial charge >= 0.3 is 0 Å². The third-order valence-corrected chi connectivity index (χ3v) is 13.0. The summed E-state index contributed by atoms with van der Waals surface area (Å²) in [5.74, 6) is 1.92. The Kier molecular flexibility index (Phi) is 8.15. The second-order valence-electron chi connectivity index (χ2n) is 16.5. The van der Waals surface area contributed by atoms with Gasteiger partial charge in [-0.05, 0) is 102 Å². The fourth-order valence-electron chi connectivity index (χ4n) is 10.1. The SMILES string of the molecule is C/C1=C(/C2=CCC3Oc4ccccc4C3=C2)NC(c2cccc3c2C2C=C(c4ccc5c(c4)c4ccccc4n5-c4ccccc4)C=CC2O3)/N=C(/c2ccccc2)CC1. The van der Waals surface area contributed by atoms with E-state index < -0.39 is 0 Å². The molecular weight excluding hydrogens is 735 g/mol. The smallest absolute Gasteiger partial charge is 0.145 e. The summed E-state index contributed by atoms with van der Waals surface area (Å²) < 4.78 is 15.5. The number of fused-ring (bicyclic) bond motifs is 9. The zero-order chi connectivity index (χ0) is 39.7. The molecule has 0 saturated carbocycles. The molecule has 0 spiro atoms. The van der Waals surface area contributed by atoms with Crippen molar-refractivity contribution in [2.45, 2.75) is 50.5 Å². The first kappa shape index (κ1) is 34.9. The number of hydrogen-bond donors (Lipinski definition) is 1. The average molecular weight is 778 g/mol. The Morgan fingerprint density at radius 2 is 1.47 bits per heavy atom. The maximum atomic E-state index is 6.76. The summed E-state index contributed by atoms with van der Waals surface area (Å²) in [6.45, 7) is 2.28. The number of aromatic nitrogens is 1. The molecule has 1 N–H and O–H groups in total. The Hall–Kier alpha value is -7.11. The summed E-state index contributed by atoms with van der Waals surface area (Å²) >= 11 is 0. The van der Waals surface area contributed by atoms with Crippen LogP contribution in [0.2, 0.25) is 0 Å². The predicted molar refractivity (Wildman–Crippen MR) is 244 cm³/mol. The van der Waals surface area contributed by atoms with Crippen molar-refractivity contribution in [3.8, 4) is 17.2 Å². The van der Waals surface area contributed by atoms with Gasteiger partial charge in [0.1, 0.15) is 29.9 Å². The number of benzene rings is 6. The molecule has 0 bridgehead atoms. The second-order valence-corrected chi connectivity index (χ2v) is 16.5. The molecule has 0 amide bonds. The minimum absolute atomic E-state index is 0.0256. The first-order chi connectivity index (χ1) is 29.6. The molecule has 0 fully saturated rings. The van der Waals surface area contributed by atoms with Crippen LogP contribution in [0.15, 0.2) is 198 Å². The minimum Gasteiger partial charge on any atom is -0.485 e. The molecule has 1 aromatic heterocycles. The molecule has 2 aliphatic carbocycles. The number of nitrogens with one attached hydrogen (secondary N) is 1. The van der Waals surface area contributed by atoms with Gasteiger partial charge in [0.25, 0.3) is 0 Å². The van der Waals surface area contributed by atoms with Gasteiger partial charge in [-0.3, -0.25) is 4.99 Å². The van der Waals surface area contributed by atoms with E-state index in [9.17, 15) is 0 Å². The Morgan fingerprint density at radius 1 is 0.683 bits per heavy atom. The minimum atomic E-state index is -0.338. The number of rotatable bonds is 5. The van der Waals surface area contributed by atoms with E-state index in [-0.39, 0.29) is 24.3 Å². The van der Waals surface area contributed by atoms with Gasteiger partial charge in [-0.2, -0.15) is 0 Å². The summed E-state index contributed by atoms with van der Waals surface area (Å²) in [5, 5.41) is 6.55. The van der Waals surface area contributed by atoms with Crippen LogP contribution >= 0.6 is 0 Å². The van der Waals surface area contributed by atoms with Crippen molar-refractivity contribution in [1.29, 1.82) is 0 Å². The van der Waals surface area contributed by atoms with Gasteiger partial charge in [-0.1, -0.05) is 121 Å². The molecule has 290 valence electrons. The number of nitrogens with zero attached hydrogens (tertiary/aromatic N) is 2. The standard InChI is InChI=1S/C55H43N3O2/c1-34-23-27-46(35-13-4-2-5-14-35)56-55(57-54(34)38-26-30-50-44(33-38)41-18-9-11-21-49(41)59-50)42-19-12-22-52-53(42)45-32-37(25-29-51(45)60-52)36-24-28-48-43(31-36)40-17-8-10-20-47(40)58(48)39-15-6-3-7-16-39/h2-22,24-26,28-29,31-33,45,50-51,55,57H,23,27,30H2,1H3/b54-34+,56-46+. The monoisotopic (exact) mass is 777 g/mol. The zero-order valence-corrected chi connectivity index (χ0v) is 33.4. The Balaban J connectivity index is 0.952. The molecule has 5 heteroatoms. The van der Waals surface area contributed by atoms with Crippen molar-refractivity contribution in [2.24, 2.45) is 4.99 Å². The Morgan fingerprint density at radius 3 is 2.37 bits per heavy atom. The second kappa shape index (κ2) is 14.0. The molecule has 12 rings (SSSR count). The third kappa shape index (κ3) is 5.71. The number of allylic oxidation sites excluding steroid dienone is 4. The number of ether oxygens (including phenoxy) is 2. The lowest BCUT2D eigenvalue weighted by Crippen LogP contribution is -2.27.